The molecule has 0 atom stereocenters. The zero-order valence-corrected chi connectivity index (χ0v) is 14.2. The number of aromatic nitrogens is 2. The molecule has 1 rings (SSSR count). The average molecular weight is 318 g/mol. The zero-order chi connectivity index (χ0) is 15.6. The summed E-state index contributed by atoms with van der Waals surface area (Å²) < 4.78 is 25.2. The van der Waals surface area contributed by atoms with Crippen LogP contribution in [0.15, 0.2) is 22.2 Å². The number of rotatable bonds is 5. The minimum absolute atomic E-state index is 0.0734. The fourth-order valence-corrected chi connectivity index (χ4v) is 4.03. The Morgan fingerprint density at radius 3 is 2.45 bits per heavy atom. The molecule has 20 heavy (non-hydrogen) atoms. The van der Waals surface area contributed by atoms with Crippen LogP contribution in [0, 0.1) is 0 Å². The summed E-state index contributed by atoms with van der Waals surface area (Å²) in [5, 5.41) is 0.566. The van der Waals surface area contributed by atoms with E-state index < -0.39 is 14.6 Å². The van der Waals surface area contributed by atoms with E-state index in [2.05, 4.69) is 4.98 Å². The lowest BCUT2D eigenvalue weighted by Crippen LogP contribution is -2.31. The summed E-state index contributed by atoms with van der Waals surface area (Å²) in [6, 6.07) is 1.58. The summed E-state index contributed by atoms with van der Waals surface area (Å²) in [5.74, 6) is 0.465. The fraction of sp³-hybridized carbons (Fsp3) is 0.692. The van der Waals surface area contributed by atoms with Gasteiger partial charge in [0, 0.05) is 24.1 Å². The summed E-state index contributed by atoms with van der Waals surface area (Å²) in [6.07, 6.45) is 1.70. The molecule has 0 aliphatic carbocycles. The lowest BCUT2D eigenvalue weighted by molar-refractivity contribution is 0.526. The molecule has 5 nitrogen and oxygen atoms in total. The summed E-state index contributed by atoms with van der Waals surface area (Å²) >= 11 is 1.31. The molecule has 0 N–H and O–H groups in total. The van der Waals surface area contributed by atoms with Crippen molar-refractivity contribution in [2.45, 2.75) is 50.6 Å². The highest BCUT2D eigenvalue weighted by atomic mass is 32.2. The van der Waals surface area contributed by atoms with E-state index in [0.717, 1.165) is 0 Å². The van der Waals surface area contributed by atoms with Crippen LogP contribution in [0.3, 0.4) is 0 Å². The van der Waals surface area contributed by atoms with Gasteiger partial charge in [-0.05, 0) is 34.6 Å². The molecule has 114 valence electrons. The van der Waals surface area contributed by atoms with Gasteiger partial charge in [-0.2, -0.15) is 4.98 Å². The van der Waals surface area contributed by atoms with Gasteiger partial charge in [-0.3, -0.25) is 4.79 Å². The highest BCUT2D eigenvalue weighted by molar-refractivity contribution is 8.00. The second kappa shape index (κ2) is 6.30. The Kier molecular flexibility index (Phi) is 5.43. The first-order valence-electron chi connectivity index (χ1n) is 6.49. The third-order valence-electron chi connectivity index (χ3n) is 2.88. The van der Waals surface area contributed by atoms with Crippen LogP contribution in [0.4, 0.5) is 0 Å². The van der Waals surface area contributed by atoms with Gasteiger partial charge in [0.2, 0.25) is 0 Å². The van der Waals surface area contributed by atoms with E-state index in [0.29, 0.717) is 10.9 Å². The molecule has 0 saturated heterocycles. The van der Waals surface area contributed by atoms with Crippen LogP contribution < -0.4 is 5.56 Å². The molecule has 0 radical (unpaired) electrons. The standard InChI is InChI=1S/C13H22N2O3S2/c1-10(2)15-7-6-11(16)14-12(15)19-8-9-20(17,18)13(3,4)5/h6-7,10H,8-9H2,1-5H3. The number of sulfone groups is 1. The van der Waals surface area contributed by atoms with Crippen LogP contribution in [0.2, 0.25) is 0 Å². The molecule has 0 saturated carbocycles. The zero-order valence-electron chi connectivity index (χ0n) is 12.6. The molecule has 1 heterocycles. The Morgan fingerprint density at radius 2 is 1.95 bits per heavy atom. The minimum Gasteiger partial charge on any atom is -0.325 e. The van der Waals surface area contributed by atoms with Crippen LogP contribution in [0.25, 0.3) is 0 Å². The Hall–Kier alpha value is -0.820. The van der Waals surface area contributed by atoms with Gasteiger partial charge in [-0.1, -0.05) is 11.8 Å². The van der Waals surface area contributed by atoms with Crippen molar-refractivity contribution in [2.24, 2.45) is 0 Å². The highest BCUT2D eigenvalue weighted by Crippen LogP contribution is 2.21. The maximum atomic E-state index is 12.0. The molecule has 0 spiro atoms. The topological polar surface area (TPSA) is 69.0 Å². The largest absolute Gasteiger partial charge is 0.325 e. The quantitative estimate of drug-likeness (QED) is 0.614. The van der Waals surface area contributed by atoms with Crippen molar-refractivity contribution in [1.82, 2.24) is 9.55 Å². The second-order valence-corrected chi connectivity index (χ2v) is 9.75. The second-order valence-electron chi connectivity index (χ2n) is 5.83. The number of nitrogens with zero attached hydrogens (tertiary/aromatic N) is 2. The van der Waals surface area contributed by atoms with Crippen molar-refractivity contribution in [3.63, 3.8) is 0 Å². The predicted octanol–water partition coefficient (Wildman–Crippen LogP) is 2.13. The summed E-state index contributed by atoms with van der Waals surface area (Å²) in [7, 11) is -3.15. The van der Waals surface area contributed by atoms with Gasteiger partial charge >= 0.3 is 0 Å². The number of hydrogen-bond donors (Lipinski definition) is 0. The van der Waals surface area contributed by atoms with Gasteiger partial charge in [-0.25, -0.2) is 8.42 Å². The maximum Gasteiger partial charge on any atom is 0.273 e. The van der Waals surface area contributed by atoms with Crippen molar-refractivity contribution in [1.29, 1.82) is 0 Å². The van der Waals surface area contributed by atoms with E-state index in [1.54, 1.807) is 27.0 Å². The molecule has 7 heteroatoms. The number of thioether (sulfide) groups is 1. The van der Waals surface area contributed by atoms with Gasteiger partial charge in [0.05, 0.1) is 10.5 Å². The van der Waals surface area contributed by atoms with Crippen LogP contribution >= 0.6 is 11.8 Å². The normalized spacial score (nSPS) is 12.9. The minimum atomic E-state index is -3.15. The first kappa shape index (κ1) is 17.2. The lowest BCUT2D eigenvalue weighted by Gasteiger charge is -2.19. The molecular weight excluding hydrogens is 296 g/mol. The van der Waals surface area contributed by atoms with E-state index in [4.69, 9.17) is 0 Å². The van der Waals surface area contributed by atoms with Crippen molar-refractivity contribution >= 4 is 21.6 Å². The Labute approximate surface area is 124 Å². The first-order chi connectivity index (χ1) is 9.04. The van der Waals surface area contributed by atoms with E-state index in [-0.39, 0.29) is 17.4 Å². The van der Waals surface area contributed by atoms with Crippen LogP contribution in [-0.4, -0.2) is 34.2 Å². The Balaban J connectivity index is 2.82. The monoisotopic (exact) mass is 318 g/mol. The third-order valence-corrected chi connectivity index (χ3v) is 6.71. The van der Waals surface area contributed by atoms with Crippen LogP contribution in [0.1, 0.15) is 40.7 Å². The molecule has 0 fully saturated rings. The van der Waals surface area contributed by atoms with E-state index in [9.17, 15) is 13.2 Å². The first-order valence-corrected chi connectivity index (χ1v) is 9.12. The Bertz CT molecular complexity index is 613. The van der Waals surface area contributed by atoms with Crippen molar-refractivity contribution in [3.8, 4) is 0 Å². The summed E-state index contributed by atoms with van der Waals surface area (Å²) in [6.45, 7) is 9.05. The maximum absolute atomic E-state index is 12.0. The summed E-state index contributed by atoms with van der Waals surface area (Å²) in [4.78, 5) is 15.3. The molecule has 1 aromatic rings. The molecule has 0 aliphatic rings. The predicted molar refractivity (Wildman–Crippen MR) is 83.1 cm³/mol. The van der Waals surface area contributed by atoms with E-state index >= 15 is 0 Å². The lowest BCUT2D eigenvalue weighted by atomic mass is 10.3. The molecule has 0 unspecified atom stereocenters. The van der Waals surface area contributed by atoms with Crippen molar-refractivity contribution < 1.29 is 8.42 Å². The Morgan fingerprint density at radius 1 is 1.35 bits per heavy atom. The van der Waals surface area contributed by atoms with Crippen LogP contribution in [-0.2, 0) is 9.84 Å². The van der Waals surface area contributed by atoms with Gasteiger partial charge in [-0.15, -0.1) is 0 Å². The SMILES string of the molecule is CC(C)n1ccc(=O)nc1SCCS(=O)(=O)C(C)(C)C. The smallest absolute Gasteiger partial charge is 0.273 e. The fourth-order valence-electron chi connectivity index (χ4n) is 1.45. The molecule has 0 amide bonds. The van der Waals surface area contributed by atoms with Gasteiger partial charge in [0.1, 0.15) is 0 Å². The van der Waals surface area contributed by atoms with Gasteiger partial charge in [0.25, 0.3) is 5.56 Å². The molecular formula is C13H22N2O3S2. The molecule has 0 bridgehead atoms. The van der Waals surface area contributed by atoms with Crippen molar-refractivity contribution in [3.05, 3.63) is 22.6 Å². The molecule has 0 aliphatic heterocycles. The average Bonchev–Trinajstić information content (AvgIpc) is 2.26. The van der Waals surface area contributed by atoms with Crippen molar-refractivity contribution in [2.75, 3.05) is 11.5 Å². The summed E-state index contributed by atoms with van der Waals surface area (Å²) in [5.41, 5.74) is -0.303. The van der Waals surface area contributed by atoms with E-state index in [1.165, 1.54) is 17.8 Å². The van der Waals surface area contributed by atoms with Gasteiger partial charge in [0.15, 0.2) is 15.0 Å². The van der Waals surface area contributed by atoms with E-state index in [1.807, 2.05) is 18.4 Å². The molecule has 1 aromatic heterocycles. The van der Waals surface area contributed by atoms with Crippen LogP contribution in [0.5, 0.6) is 0 Å². The highest BCUT2D eigenvalue weighted by Gasteiger charge is 2.28. The third kappa shape index (κ3) is 4.34. The molecule has 0 aromatic carbocycles. The van der Waals surface area contributed by atoms with Gasteiger partial charge < -0.3 is 4.57 Å². The number of hydrogen-bond acceptors (Lipinski definition) is 5.